The molecule has 1 aliphatic rings. The highest BCUT2D eigenvalue weighted by Crippen LogP contribution is 2.24. The summed E-state index contributed by atoms with van der Waals surface area (Å²) in [5, 5.41) is 2.89. The Balaban J connectivity index is 1.45. The molecule has 8 heteroatoms. The summed E-state index contributed by atoms with van der Waals surface area (Å²) < 4.78 is 40.5. The Bertz CT molecular complexity index is 923. The van der Waals surface area contributed by atoms with Gasteiger partial charge in [-0.1, -0.05) is 36.4 Å². The third kappa shape index (κ3) is 5.81. The van der Waals surface area contributed by atoms with E-state index >= 15 is 0 Å². The third-order valence-electron chi connectivity index (χ3n) is 4.90. The standard InChI is InChI=1S/C21H25FN2O3S2/c22-20-11-5-4-7-18(20)16-28-14-12-23-21(25)17-8-6-13-24(15-17)29(26,27)19-9-2-1-3-10-19/h1-5,7,9-11,17H,6,8,12-16H2,(H,23,25). The lowest BCUT2D eigenvalue weighted by molar-refractivity contribution is -0.125. The second-order valence-electron chi connectivity index (χ2n) is 6.95. The van der Waals surface area contributed by atoms with E-state index in [1.54, 1.807) is 60.3 Å². The van der Waals surface area contributed by atoms with Gasteiger partial charge < -0.3 is 5.32 Å². The van der Waals surface area contributed by atoms with Crippen molar-refractivity contribution in [1.29, 1.82) is 0 Å². The molecule has 156 valence electrons. The van der Waals surface area contributed by atoms with Crippen molar-refractivity contribution >= 4 is 27.7 Å². The van der Waals surface area contributed by atoms with Gasteiger partial charge in [-0.3, -0.25) is 4.79 Å². The molecular formula is C21H25FN2O3S2. The van der Waals surface area contributed by atoms with Crippen molar-refractivity contribution < 1.29 is 17.6 Å². The number of rotatable bonds is 8. The van der Waals surface area contributed by atoms with E-state index in [-0.39, 0.29) is 29.1 Å². The molecule has 5 nitrogen and oxygen atoms in total. The van der Waals surface area contributed by atoms with Crippen LogP contribution in [0.2, 0.25) is 0 Å². The molecule has 1 heterocycles. The average Bonchev–Trinajstić information content (AvgIpc) is 2.75. The van der Waals surface area contributed by atoms with Crippen molar-refractivity contribution in [3.8, 4) is 0 Å². The lowest BCUT2D eigenvalue weighted by atomic mass is 9.99. The van der Waals surface area contributed by atoms with Crippen molar-refractivity contribution in [2.24, 2.45) is 5.92 Å². The fourth-order valence-electron chi connectivity index (χ4n) is 3.30. The number of nitrogens with one attached hydrogen (secondary N) is 1. The van der Waals surface area contributed by atoms with Crippen LogP contribution in [-0.4, -0.2) is 44.0 Å². The summed E-state index contributed by atoms with van der Waals surface area (Å²) in [5.74, 6) is 0.530. The first-order valence-corrected chi connectivity index (χ1v) is 12.2. The van der Waals surface area contributed by atoms with E-state index in [4.69, 9.17) is 0 Å². The predicted molar refractivity (Wildman–Crippen MR) is 113 cm³/mol. The molecule has 1 N–H and O–H groups in total. The van der Waals surface area contributed by atoms with Gasteiger partial charge in [0.05, 0.1) is 10.8 Å². The minimum atomic E-state index is -3.58. The lowest BCUT2D eigenvalue weighted by Gasteiger charge is -2.31. The number of benzene rings is 2. The number of sulfonamides is 1. The summed E-state index contributed by atoms with van der Waals surface area (Å²) in [4.78, 5) is 12.7. The highest BCUT2D eigenvalue weighted by molar-refractivity contribution is 7.98. The van der Waals surface area contributed by atoms with Crippen molar-refractivity contribution in [1.82, 2.24) is 9.62 Å². The first kappa shape index (κ1) is 21.8. The van der Waals surface area contributed by atoms with Gasteiger partial charge in [-0.2, -0.15) is 16.1 Å². The number of hydrogen-bond donors (Lipinski definition) is 1. The molecule has 1 aliphatic heterocycles. The van der Waals surface area contributed by atoms with Crippen LogP contribution in [0.1, 0.15) is 18.4 Å². The van der Waals surface area contributed by atoms with Crippen LogP contribution in [0.25, 0.3) is 0 Å². The van der Waals surface area contributed by atoms with Crippen LogP contribution in [-0.2, 0) is 20.6 Å². The minimum absolute atomic E-state index is 0.121. The molecule has 1 atom stereocenters. The van der Waals surface area contributed by atoms with Crippen LogP contribution in [0.3, 0.4) is 0 Å². The van der Waals surface area contributed by atoms with Crippen LogP contribution < -0.4 is 5.32 Å². The monoisotopic (exact) mass is 436 g/mol. The number of carbonyl (C=O) groups is 1. The molecule has 0 saturated carbocycles. The van der Waals surface area contributed by atoms with Gasteiger partial charge in [0.15, 0.2) is 0 Å². The quantitative estimate of drug-likeness (QED) is 0.645. The summed E-state index contributed by atoms with van der Waals surface area (Å²) in [5.41, 5.74) is 0.651. The highest BCUT2D eigenvalue weighted by atomic mass is 32.2. The van der Waals surface area contributed by atoms with E-state index in [1.165, 1.54) is 10.4 Å². The number of nitrogens with zero attached hydrogens (tertiary/aromatic N) is 1. The van der Waals surface area contributed by atoms with Crippen molar-refractivity contribution in [3.63, 3.8) is 0 Å². The predicted octanol–water partition coefficient (Wildman–Crippen LogP) is 3.28. The molecule has 1 amide bonds. The summed E-state index contributed by atoms with van der Waals surface area (Å²) in [6.07, 6.45) is 1.33. The average molecular weight is 437 g/mol. The number of piperidine rings is 1. The molecule has 0 spiro atoms. The first-order chi connectivity index (χ1) is 14.0. The second-order valence-corrected chi connectivity index (χ2v) is 9.99. The SMILES string of the molecule is O=C(NCCSCc1ccccc1F)C1CCCN(S(=O)(=O)c2ccccc2)C1. The fraction of sp³-hybridized carbons (Fsp3) is 0.381. The van der Waals surface area contributed by atoms with E-state index in [0.29, 0.717) is 43.0 Å². The van der Waals surface area contributed by atoms with Crippen molar-refractivity contribution in [2.75, 3.05) is 25.4 Å². The molecule has 0 aliphatic carbocycles. The zero-order valence-electron chi connectivity index (χ0n) is 16.1. The van der Waals surface area contributed by atoms with Crippen molar-refractivity contribution in [2.45, 2.75) is 23.5 Å². The summed E-state index contributed by atoms with van der Waals surface area (Å²) >= 11 is 1.55. The Labute approximate surface area is 175 Å². The zero-order chi connectivity index (χ0) is 20.7. The third-order valence-corrected chi connectivity index (χ3v) is 7.78. The van der Waals surface area contributed by atoms with Gasteiger partial charge in [-0.25, -0.2) is 12.8 Å². The maximum Gasteiger partial charge on any atom is 0.243 e. The minimum Gasteiger partial charge on any atom is -0.355 e. The molecule has 1 fully saturated rings. The fourth-order valence-corrected chi connectivity index (χ4v) is 5.69. The van der Waals surface area contributed by atoms with E-state index < -0.39 is 10.0 Å². The summed E-state index contributed by atoms with van der Waals surface area (Å²) in [6.45, 7) is 1.10. The molecule has 0 aromatic heterocycles. The van der Waals surface area contributed by atoms with Gasteiger partial charge >= 0.3 is 0 Å². The second kappa shape index (κ2) is 10.2. The number of hydrogen-bond acceptors (Lipinski definition) is 4. The van der Waals surface area contributed by atoms with E-state index in [9.17, 15) is 17.6 Å². The van der Waals surface area contributed by atoms with E-state index in [0.717, 1.165) is 0 Å². The highest BCUT2D eigenvalue weighted by Gasteiger charge is 2.33. The van der Waals surface area contributed by atoms with Crippen molar-refractivity contribution in [3.05, 3.63) is 66.0 Å². The normalized spacial score (nSPS) is 17.8. The van der Waals surface area contributed by atoms with Gasteiger partial charge in [-0.05, 0) is 36.6 Å². The van der Waals surface area contributed by atoms with E-state index in [2.05, 4.69) is 5.32 Å². The number of thioether (sulfide) groups is 1. The number of halogens is 1. The molecule has 2 aromatic carbocycles. The molecule has 2 aromatic rings. The number of carbonyl (C=O) groups excluding carboxylic acids is 1. The molecule has 3 rings (SSSR count). The maximum atomic E-state index is 13.6. The Morgan fingerprint density at radius 2 is 1.86 bits per heavy atom. The first-order valence-electron chi connectivity index (χ1n) is 9.62. The topological polar surface area (TPSA) is 66.5 Å². The maximum absolute atomic E-state index is 13.6. The van der Waals surface area contributed by atoms with Crippen LogP contribution >= 0.6 is 11.8 Å². The summed E-state index contributed by atoms with van der Waals surface area (Å²) in [7, 11) is -3.58. The molecule has 0 radical (unpaired) electrons. The van der Waals surface area contributed by atoms with Crippen LogP contribution in [0.4, 0.5) is 4.39 Å². The van der Waals surface area contributed by atoms with Gasteiger partial charge in [0.25, 0.3) is 0 Å². The van der Waals surface area contributed by atoms with Gasteiger partial charge in [0.2, 0.25) is 15.9 Å². The Kier molecular flexibility index (Phi) is 7.69. The molecule has 1 unspecified atom stereocenters. The van der Waals surface area contributed by atoms with Gasteiger partial charge in [-0.15, -0.1) is 0 Å². The molecule has 1 saturated heterocycles. The Morgan fingerprint density at radius 1 is 1.14 bits per heavy atom. The van der Waals surface area contributed by atoms with Crippen LogP contribution in [0.15, 0.2) is 59.5 Å². The number of amides is 1. The van der Waals surface area contributed by atoms with Crippen LogP contribution in [0.5, 0.6) is 0 Å². The molecule has 29 heavy (non-hydrogen) atoms. The summed E-state index contributed by atoms with van der Waals surface area (Å²) in [6, 6.07) is 15.0. The van der Waals surface area contributed by atoms with Crippen LogP contribution in [0, 0.1) is 11.7 Å². The molecular weight excluding hydrogens is 411 g/mol. The lowest BCUT2D eigenvalue weighted by Crippen LogP contribution is -2.45. The zero-order valence-corrected chi connectivity index (χ0v) is 17.7. The smallest absolute Gasteiger partial charge is 0.243 e. The van der Waals surface area contributed by atoms with Gasteiger partial charge in [0, 0.05) is 31.1 Å². The van der Waals surface area contributed by atoms with E-state index in [1.807, 2.05) is 0 Å². The largest absolute Gasteiger partial charge is 0.355 e. The van der Waals surface area contributed by atoms with Gasteiger partial charge in [0.1, 0.15) is 5.82 Å². The Morgan fingerprint density at radius 3 is 2.62 bits per heavy atom. The Hall–Kier alpha value is -1.90. The molecule has 0 bridgehead atoms.